The molecule has 2 aliphatic carbocycles. The highest BCUT2D eigenvalue weighted by atomic mass is 35.5. The molecule has 2 aliphatic heterocycles. The summed E-state index contributed by atoms with van der Waals surface area (Å²) in [5, 5.41) is 12.5. The number of hydrogen-bond acceptors (Lipinski definition) is 7. The number of nitrogens with zero attached hydrogens (tertiary/aromatic N) is 1. The maximum Gasteiger partial charge on any atom is 0.265 e. The lowest BCUT2D eigenvalue weighted by molar-refractivity contribution is -0.0367. The predicted octanol–water partition coefficient (Wildman–Crippen LogP) is 3.80. The third-order valence-electron chi connectivity index (χ3n) is 8.74. The summed E-state index contributed by atoms with van der Waals surface area (Å²) in [5.41, 5.74) is 3.21. The lowest BCUT2D eigenvalue weighted by Crippen LogP contribution is -2.50. The molecule has 1 saturated carbocycles. The van der Waals surface area contributed by atoms with Crippen molar-refractivity contribution in [1.29, 1.82) is 0 Å². The third kappa shape index (κ3) is 5.29. The van der Waals surface area contributed by atoms with Crippen LogP contribution in [0.5, 0.6) is 5.75 Å². The Balaban J connectivity index is 1.42. The molecular formula is C29H33ClN2O6S. The van der Waals surface area contributed by atoms with Gasteiger partial charge < -0.3 is 19.5 Å². The number of aryl methyl sites for hydroxylation is 1. The van der Waals surface area contributed by atoms with Crippen molar-refractivity contribution >= 4 is 33.2 Å². The van der Waals surface area contributed by atoms with Crippen molar-refractivity contribution in [3.63, 3.8) is 0 Å². The first kappa shape index (κ1) is 26.6. The molecule has 1 spiro atoms. The Bertz CT molecular complexity index is 1410. The Kier molecular flexibility index (Phi) is 7.12. The van der Waals surface area contributed by atoms with Gasteiger partial charge in [0.25, 0.3) is 15.9 Å². The lowest BCUT2D eigenvalue weighted by atomic mass is 9.68. The molecule has 2 heterocycles. The van der Waals surface area contributed by atoms with Gasteiger partial charge in [-0.1, -0.05) is 17.7 Å². The first-order chi connectivity index (χ1) is 18.7. The molecule has 208 valence electrons. The molecule has 6 rings (SSSR count). The first-order valence-electron chi connectivity index (χ1n) is 13.5. The van der Waals surface area contributed by atoms with Crippen molar-refractivity contribution in [2.45, 2.75) is 43.6 Å². The normalized spacial score (nSPS) is 30.3. The molecule has 0 radical (unpaired) electrons. The van der Waals surface area contributed by atoms with E-state index >= 15 is 0 Å². The summed E-state index contributed by atoms with van der Waals surface area (Å²) < 4.78 is 39.1. The van der Waals surface area contributed by atoms with Gasteiger partial charge in [0, 0.05) is 34.5 Å². The predicted molar refractivity (Wildman–Crippen MR) is 149 cm³/mol. The second-order valence-corrected chi connectivity index (χ2v) is 13.2. The van der Waals surface area contributed by atoms with Gasteiger partial charge in [0.05, 0.1) is 31.6 Å². The number of sulfonamides is 1. The average molecular weight is 573 g/mol. The molecule has 4 unspecified atom stereocenters. The number of rotatable bonds is 0. The van der Waals surface area contributed by atoms with Crippen molar-refractivity contribution < 1.29 is 27.8 Å². The smallest absolute Gasteiger partial charge is 0.265 e. The van der Waals surface area contributed by atoms with Gasteiger partial charge in [0.15, 0.2) is 0 Å². The number of amides is 1. The van der Waals surface area contributed by atoms with Crippen LogP contribution in [0, 0.1) is 11.8 Å². The Labute approximate surface area is 234 Å². The van der Waals surface area contributed by atoms with Crippen LogP contribution in [0.4, 0.5) is 5.69 Å². The molecule has 2 aromatic rings. The summed E-state index contributed by atoms with van der Waals surface area (Å²) >= 11 is 6.35. The Morgan fingerprint density at radius 3 is 2.85 bits per heavy atom. The van der Waals surface area contributed by atoms with Crippen LogP contribution in [0.15, 0.2) is 47.9 Å². The van der Waals surface area contributed by atoms with Crippen LogP contribution in [0.2, 0.25) is 5.02 Å². The zero-order valence-electron chi connectivity index (χ0n) is 21.6. The van der Waals surface area contributed by atoms with Gasteiger partial charge in [-0.05, 0) is 91.5 Å². The fourth-order valence-electron chi connectivity index (χ4n) is 6.63. The lowest BCUT2D eigenvalue weighted by Gasteiger charge is -2.45. The van der Waals surface area contributed by atoms with E-state index in [0.717, 1.165) is 48.2 Å². The summed E-state index contributed by atoms with van der Waals surface area (Å²) in [7, 11) is -4.01. The van der Waals surface area contributed by atoms with E-state index in [9.17, 15) is 18.3 Å². The van der Waals surface area contributed by atoms with E-state index in [2.05, 4.69) is 21.8 Å². The van der Waals surface area contributed by atoms with Crippen molar-refractivity contribution in [2.75, 3.05) is 37.8 Å². The van der Waals surface area contributed by atoms with Gasteiger partial charge in [0.2, 0.25) is 0 Å². The third-order valence-corrected chi connectivity index (χ3v) is 9.99. The molecule has 1 amide bonds. The highest BCUT2D eigenvalue weighted by Crippen LogP contribution is 2.46. The Hall–Kier alpha value is -2.59. The second kappa shape index (κ2) is 10.4. The van der Waals surface area contributed by atoms with E-state index in [1.54, 1.807) is 18.2 Å². The molecule has 2 bridgehead atoms. The van der Waals surface area contributed by atoms with E-state index in [1.165, 1.54) is 17.2 Å². The minimum Gasteiger partial charge on any atom is -0.490 e. The summed E-state index contributed by atoms with van der Waals surface area (Å²) in [4.78, 5) is 15.3. The zero-order chi connectivity index (χ0) is 27.2. The number of carbonyl (C=O) groups excluding carboxylic acids is 1. The topological polar surface area (TPSA) is 105 Å². The summed E-state index contributed by atoms with van der Waals surface area (Å²) in [6, 6.07) is 11.2. The molecule has 0 saturated heterocycles. The minimum absolute atomic E-state index is 0.0256. The fraction of sp³-hybridized carbons (Fsp3) is 0.483. The van der Waals surface area contributed by atoms with Gasteiger partial charge in [-0.2, -0.15) is 0 Å². The summed E-state index contributed by atoms with van der Waals surface area (Å²) in [6.07, 6.45) is 5.53. The van der Waals surface area contributed by atoms with Crippen molar-refractivity contribution in [2.24, 2.45) is 11.8 Å². The van der Waals surface area contributed by atoms with E-state index < -0.39 is 22.0 Å². The van der Waals surface area contributed by atoms with Gasteiger partial charge in [0.1, 0.15) is 5.75 Å². The first-order valence-corrected chi connectivity index (χ1v) is 15.5. The maximum atomic E-state index is 13.0. The van der Waals surface area contributed by atoms with E-state index in [4.69, 9.17) is 21.1 Å². The van der Waals surface area contributed by atoms with Gasteiger partial charge in [-0.25, -0.2) is 13.1 Å². The number of nitrogens with one attached hydrogen (secondary N) is 1. The van der Waals surface area contributed by atoms with Crippen LogP contribution in [0.25, 0.3) is 0 Å². The number of ether oxygens (including phenoxy) is 2. The van der Waals surface area contributed by atoms with Crippen LogP contribution in [0.3, 0.4) is 0 Å². The van der Waals surface area contributed by atoms with Gasteiger partial charge in [-0.3, -0.25) is 4.79 Å². The molecule has 8 nitrogen and oxygen atoms in total. The van der Waals surface area contributed by atoms with Gasteiger partial charge >= 0.3 is 0 Å². The van der Waals surface area contributed by atoms with E-state index in [1.807, 2.05) is 6.07 Å². The molecule has 2 N–H and O–H groups in total. The molecule has 4 atom stereocenters. The number of aliphatic hydroxyl groups excluding tert-OH is 1. The molecule has 39 heavy (non-hydrogen) atoms. The standard InChI is InChI=1S/C29H33ClN2O6S/c30-22-6-8-24-19(13-22)3-1-10-29(24)17-32-15-21-4-7-23(21)26(33)16-37-11-2-12-39(35,36)31-28(34)20-5-9-27(38-18-29)25(32)14-20/h2,5-6,8-9,12-14,21,23,26,33H,1,3-4,7,10-11,15-18H2,(H,31,34). The monoisotopic (exact) mass is 572 g/mol. The molecule has 0 aromatic heterocycles. The molecule has 2 aromatic carbocycles. The van der Waals surface area contributed by atoms with E-state index in [-0.39, 0.29) is 36.0 Å². The Morgan fingerprint density at radius 2 is 2.03 bits per heavy atom. The number of halogens is 1. The van der Waals surface area contributed by atoms with E-state index in [0.29, 0.717) is 25.4 Å². The number of aliphatic hydroxyl groups is 1. The minimum atomic E-state index is -4.01. The number of anilines is 1. The number of hydrogen-bond donors (Lipinski definition) is 2. The fourth-order valence-corrected chi connectivity index (χ4v) is 7.61. The molecule has 4 aliphatic rings. The number of fused-ring (bicyclic) bond motifs is 4. The molecule has 1 fully saturated rings. The van der Waals surface area contributed by atoms with Gasteiger partial charge in [-0.15, -0.1) is 0 Å². The largest absolute Gasteiger partial charge is 0.490 e. The summed E-state index contributed by atoms with van der Waals surface area (Å²) in [5.74, 6) is 0.288. The second-order valence-electron chi connectivity index (χ2n) is 11.2. The highest BCUT2D eigenvalue weighted by Gasteiger charge is 2.44. The molecular weight excluding hydrogens is 540 g/mol. The number of benzene rings is 2. The zero-order valence-corrected chi connectivity index (χ0v) is 23.2. The van der Waals surface area contributed by atoms with Crippen LogP contribution in [-0.2, 0) is 26.6 Å². The van der Waals surface area contributed by atoms with Crippen LogP contribution >= 0.6 is 11.6 Å². The van der Waals surface area contributed by atoms with Crippen molar-refractivity contribution in [3.05, 3.63) is 69.6 Å². The quantitative estimate of drug-likeness (QED) is 0.495. The van der Waals surface area contributed by atoms with Crippen molar-refractivity contribution in [3.8, 4) is 5.75 Å². The van der Waals surface area contributed by atoms with Crippen LogP contribution in [0.1, 0.15) is 47.2 Å². The molecule has 10 heteroatoms. The average Bonchev–Trinajstić information content (AvgIpc) is 3.02. The maximum absolute atomic E-state index is 13.0. The Morgan fingerprint density at radius 1 is 1.15 bits per heavy atom. The number of carbonyl (C=O) groups is 1. The summed E-state index contributed by atoms with van der Waals surface area (Å²) in [6.45, 7) is 2.00. The van der Waals surface area contributed by atoms with Crippen LogP contribution < -0.4 is 14.4 Å². The van der Waals surface area contributed by atoms with Crippen LogP contribution in [-0.4, -0.2) is 58.4 Å². The SMILES string of the molecule is O=C1NS(=O)(=O)C=CCOCC(O)C2CCC2CN2CC3(CCCc4cc(Cl)ccc43)COc3ccc1cc32. The highest BCUT2D eigenvalue weighted by molar-refractivity contribution is 7.92. The van der Waals surface area contributed by atoms with Crippen molar-refractivity contribution in [1.82, 2.24) is 4.72 Å².